The van der Waals surface area contributed by atoms with Gasteiger partial charge in [0.1, 0.15) is 0 Å². The second kappa shape index (κ2) is 6.17. The van der Waals surface area contributed by atoms with Gasteiger partial charge < -0.3 is 5.32 Å². The van der Waals surface area contributed by atoms with Crippen molar-refractivity contribution in [1.29, 1.82) is 0 Å². The molecule has 1 atom stereocenters. The van der Waals surface area contributed by atoms with Crippen molar-refractivity contribution < 1.29 is 0 Å². The van der Waals surface area contributed by atoms with E-state index in [-0.39, 0.29) is 0 Å². The molecular formula is C13H24N4. The van der Waals surface area contributed by atoms with Crippen molar-refractivity contribution >= 4 is 0 Å². The van der Waals surface area contributed by atoms with Crippen molar-refractivity contribution in [3.8, 4) is 0 Å². The lowest BCUT2D eigenvalue weighted by Crippen LogP contribution is -2.42. The summed E-state index contributed by atoms with van der Waals surface area (Å²) in [7, 11) is 2.20. The Morgan fingerprint density at radius 3 is 3.12 bits per heavy atom. The number of aromatic nitrogens is 2. The third kappa shape index (κ3) is 3.54. The van der Waals surface area contributed by atoms with Gasteiger partial charge in [0, 0.05) is 31.9 Å². The Morgan fingerprint density at radius 2 is 2.41 bits per heavy atom. The first-order chi connectivity index (χ1) is 8.29. The van der Waals surface area contributed by atoms with Crippen molar-refractivity contribution in [2.45, 2.75) is 45.3 Å². The van der Waals surface area contributed by atoms with Gasteiger partial charge >= 0.3 is 0 Å². The average Bonchev–Trinajstić information content (AvgIpc) is 2.77. The molecule has 1 saturated heterocycles. The van der Waals surface area contributed by atoms with Crippen LogP contribution in [0.1, 0.15) is 31.9 Å². The fourth-order valence-electron chi connectivity index (χ4n) is 2.58. The highest BCUT2D eigenvalue weighted by molar-refractivity contribution is 5.00. The molecule has 0 spiro atoms. The van der Waals surface area contributed by atoms with Crippen LogP contribution in [0.3, 0.4) is 0 Å². The average molecular weight is 236 g/mol. The van der Waals surface area contributed by atoms with Gasteiger partial charge in [0.15, 0.2) is 0 Å². The molecule has 1 aliphatic heterocycles. The van der Waals surface area contributed by atoms with E-state index in [0.717, 1.165) is 19.6 Å². The molecule has 1 aliphatic rings. The highest BCUT2D eigenvalue weighted by atomic mass is 15.3. The van der Waals surface area contributed by atoms with Gasteiger partial charge in [0.05, 0.1) is 5.69 Å². The van der Waals surface area contributed by atoms with Gasteiger partial charge in [-0.15, -0.1) is 0 Å². The molecule has 0 aromatic carbocycles. The van der Waals surface area contributed by atoms with Crippen molar-refractivity contribution in [3.63, 3.8) is 0 Å². The van der Waals surface area contributed by atoms with E-state index in [4.69, 9.17) is 0 Å². The van der Waals surface area contributed by atoms with Gasteiger partial charge in [0.25, 0.3) is 0 Å². The monoisotopic (exact) mass is 236 g/mol. The highest BCUT2D eigenvalue weighted by Gasteiger charge is 2.15. The third-order valence-electron chi connectivity index (χ3n) is 3.48. The van der Waals surface area contributed by atoms with E-state index in [1.165, 1.54) is 31.5 Å². The van der Waals surface area contributed by atoms with Crippen LogP contribution in [-0.2, 0) is 13.1 Å². The van der Waals surface area contributed by atoms with Gasteiger partial charge in [0.2, 0.25) is 0 Å². The number of aryl methyl sites for hydroxylation is 1. The number of likely N-dealkylation sites (N-methyl/N-ethyl adjacent to an activating group) is 1. The molecule has 0 amide bonds. The van der Waals surface area contributed by atoms with Gasteiger partial charge in [-0.1, -0.05) is 6.42 Å². The number of piperidine rings is 1. The first-order valence-electron chi connectivity index (χ1n) is 6.72. The van der Waals surface area contributed by atoms with E-state index in [9.17, 15) is 0 Å². The van der Waals surface area contributed by atoms with Gasteiger partial charge in [-0.3, -0.25) is 9.58 Å². The molecule has 0 saturated carbocycles. The number of nitrogens with one attached hydrogen (secondary N) is 1. The van der Waals surface area contributed by atoms with E-state index < -0.39 is 0 Å². The zero-order valence-corrected chi connectivity index (χ0v) is 11.0. The molecule has 1 fully saturated rings. The van der Waals surface area contributed by atoms with E-state index in [2.05, 4.69) is 40.0 Å². The van der Waals surface area contributed by atoms with Gasteiger partial charge in [-0.2, -0.15) is 5.10 Å². The Labute approximate surface area is 104 Å². The number of hydrogen-bond acceptors (Lipinski definition) is 3. The molecule has 1 aromatic heterocycles. The van der Waals surface area contributed by atoms with Crippen LogP contribution in [0.2, 0.25) is 0 Å². The molecule has 1 N–H and O–H groups in total. The second-order valence-corrected chi connectivity index (χ2v) is 4.98. The van der Waals surface area contributed by atoms with Crippen molar-refractivity contribution in [1.82, 2.24) is 20.0 Å². The Hall–Kier alpha value is -0.870. The largest absolute Gasteiger partial charge is 0.313 e. The van der Waals surface area contributed by atoms with E-state index >= 15 is 0 Å². The maximum absolute atomic E-state index is 4.31. The highest BCUT2D eigenvalue weighted by Crippen LogP contribution is 2.09. The summed E-state index contributed by atoms with van der Waals surface area (Å²) in [6.45, 7) is 6.41. The summed E-state index contributed by atoms with van der Waals surface area (Å²) in [6.07, 6.45) is 5.92. The fraction of sp³-hybridized carbons (Fsp3) is 0.769. The first kappa shape index (κ1) is 12.6. The third-order valence-corrected chi connectivity index (χ3v) is 3.48. The Balaban J connectivity index is 1.82. The topological polar surface area (TPSA) is 33.1 Å². The second-order valence-electron chi connectivity index (χ2n) is 4.98. The van der Waals surface area contributed by atoms with E-state index in [0.29, 0.717) is 6.04 Å². The summed E-state index contributed by atoms with van der Waals surface area (Å²) in [4.78, 5) is 2.40. The minimum atomic E-state index is 0.673. The smallest absolute Gasteiger partial charge is 0.0524 e. The molecule has 0 bridgehead atoms. The standard InChI is InChI=1S/C13H24N4/c1-3-17-13(7-9-15-17)11-16(2)10-12-6-4-5-8-14-12/h7,9,12,14H,3-6,8,10-11H2,1-2H3. The lowest BCUT2D eigenvalue weighted by molar-refractivity contribution is 0.251. The molecule has 1 aromatic rings. The quantitative estimate of drug-likeness (QED) is 0.840. The van der Waals surface area contributed by atoms with Crippen LogP contribution < -0.4 is 5.32 Å². The van der Waals surface area contributed by atoms with E-state index in [1.54, 1.807) is 0 Å². The predicted octanol–water partition coefficient (Wildman–Crippen LogP) is 1.48. The summed E-state index contributed by atoms with van der Waals surface area (Å²) in [6, 6.07) is 2.79. The maximum atomic E-state index is 4.31. The van der Waals surface area contributed by atoms with Crippen LogP contribution in [0, 0.1) is 0 Å². The Morgan fingerprint density at radius 1 is 1.53 bits per heavy atom. The molecule has 17 heavy (non-hydrogen) atoms. The zero-order chi connectivity index (χ0) is 12.1. The van der Waals surface area contributed by atoms with Crippen molar-refractivity contribution in [3.05, 3.63) is 18.0 Å². The molecule has 2 rings (SSSR count). The summed E-state index contributed by atoms with van der Waals surface area (Å²) in [5, 5.41) is 7.90. The summed E-state index contributed by atoms with van der Waals surface area (Å²) in [5.41, 5.74) is 1.31. The number of rotatable bonds is 5. The fourth-order valence-corrected chi connectivity index (χ4v) is 2.58. The molecule has 0 aliphatic carbocycles. The van der Waals surface area contributed by atoms with Crippen LogP contribution in [0.15, 0.2) is 12.3 Å². The zero-order valence-electron chi connectivity index (χ0n) is 11.0. The minimum Gasteiger partial charge on any atom is -0.313 e. The molecule has 96 valence electrons. The SMILES string of the molecule is CCn1nccc1CN(C)CC1CCCCN1. The lowest BCUT2D eigenvalue weighted by atomic mass is 10.0. The normalized spacial score (nSPS) is 21.0. The number of nitrogens with zero attached hydrogens (tertiary/aromatic N) is 3. The molecule has 2 heterocycles. The van der Waals surface area contributed by atoms with E-state index in [1.807, 2.05) is 6.20 Å². The molecular weight excluding hydrogens is 212 g/mol. The molecule has 4 heteroatoms. The van der Waals surface area contributed by atoms with Crippen LogP contribution in [0.25, 0.3) is 0 Å². The molecule has 0 radical (unpaired) electrons. The van der Waals surface area contributed by atoms with Gasteiger partial charge in [-0.05, 0) is 39.4 Å². The van der Waals surface area contributed by atoms with Crippen LogP contribution in [-0.4, -0.2) is 40.9 Å². The molecule has 1 unspecified atom stereocenters. The first-order valence-corrected chi connectivity index (χ1v) is 6.72. The lowest BCUT2D eigenvalue weighted by Gasteiger charge is -2.28. The van der Waals surface area contributed by atoms with Gasteiger partial charge in [-0.25, -0.2) is 0 Å². The van der Waals surface area contributed by atoms with Crippen molar-refractivity contribution in [2.75, 3.05) is 20.1 Å². The summed E-state index contributed by atoms with van der Waals surface area (Å²) >= 11 is 0. The van der Waals surface area contributed by atoms with Crippen LogP contribution in [0.5, 0.6) is 0 Å². The summed E-state index contributed by atoms with van der Waals surface area (Å²) < 4.78 is 2.07. The molecule has 4 nitrogen and oxygen atoms in total. The van der Waals surface area contributed by atoms with Crippen LogP contribution >= 0.6 is 0 Å². The minimum absolute atomic E-state index is 0.673. The van der Waals surface area contributed by atoms with Crippen molar-refractivity contribution in [2.24, 2.45) is 0 Å². The Bertz CT molecular complexity index is 328. The number of hydrogen-bond donors (Lipinski definition) is 1. The Kier molecular flexibility index (Phi) is 4.57. The maximum Gasteiger partial charge on any atom is 0.0524 e. The predicted molar refractivity (Wildman–Crippen MR) is 69.9 cm³/mol. The van der Waals surface area contributed by atoms with Crippen LogP contribution in [0.4, 0.5) is 0 Å². The summed E-state index contributed by atoms with van der Waals surface area (Å²) in [5.74, 6) is 0.